The molecule has 0 aliphatic carbocycles. The van der Waals surface area contributed by atoms with Crippen LogP contribution in [0.15, 0.2) is 43.0 Å². The van der Waals surface area contributed by atoms with E-state index in [4.69, 9.17) is 5.73 Å². The van der Waals surface area contributed by atoms with E-state index in [1.807, 2.05) is 24.3 Å². The molecule has 5 unspecified atom stereocenters. The van der Waals surface area contributed by atoms with Crippen molar-refractivity contribution in [3.8, 4) is 0 Å². The number of carbonyl (C=O) groups is 4. The summed E-state index contributed by atoms with van der Waals surface area (Å²) in [4.78, 5) is 60.7. The van der Waals surface area contributed by atoms with E-state index in [0.717, 1.165) is 16.5 Å². The summed E-state index contributed by atoms with van der Waals surface area (Å²) in [6.45, 7) is 4.83. The van der Waals surface area contributed by atoms with Gasteiger partial charge in [0.15, 0.2) is 0 Å². The van der Waals surface area contributed by atoms with Crippen LogP contribution in [0.25, 0.3) is 10.9 Å². The largest absolute Gasteiger partial charge is 0.480 e. The van der Waals surface area contributed by atoms with Crippen molar-refractivity contribution in [2.75, 3.05) is 0 Å². The fourth-order valence-corrected chi connectivity index (χ4v) is 4.04. The van der Waals surface area contributed by atoms with Gasteiger partial charge in [-0.15, -0.1) is 0 Å². The van der Waals surface area contributed by atoms with Gasteiger partial charge in [0.2, 0.25) is 17.7 Å². The number of aromatic amines is 2. The number of H-pyrrole nitrogens is 2. The Balaban J connectivity index is 1.80. The quantitative estimate of drug-likeness (QED) is 0.142. The molecule has 3 rings (SSSR count). The number of carboxylic acid groups (broad SMARTS) is 1. The SMILES string of the molecule is CC(C)C(N)C(=O)NC(Cc1c[nH]c2ccccc12)C(=O)NC(C(=O)NC(Cc1cnc[nH]1)C(=O)O)C(C)O. The highest BCUT2D eigenvalue weighted by molar-refractivity contribution is 5.95. The van der Waals surface area contributed by atoms with Crippen molar-refractivity contribution < 1.29 is 29.4 Å². The monoisotopic (exact) mass is 541 g/mol. The summed E-state index contributed by atoms with van der Waals surface area (Å²) in [5, 5.41) is 28.2. The molecule has 0 fully saturated rings. The molecule has 210 valence electrons. The zero-order valence-electron chi connectivity index (χ0n) is 22.0. The lowest BCUT2D eigenvalue weighted by molar-refractivity contribution is -0.143. The second kappa shape index (κ2) is 13.0. The molecule has 5 atom stereocenters. The Morgan fingerprint density at radius 2 is 1.64 bits per heavy atom. The van der Waals surface area contributed by atoms with Crippen molar-refractivity contribution in [2.24, 2.45) is 11.7 Å². The highest BCUT2D eigenvalue weighted by Gasteiger charge is 2.33. The van der Waals surface area contributed by atoms with Crippen molar-refractivity contribution in [3.05, 3.63) is 54.2 Å². The first kappa shape index (κ1) is 29.3. The zero-order valence-corrected chi connectivity index (χ0v) is 22.0. The van der Waals surface area contributed by atoms with Crippen molar-refractivity contribution in [1.29, 1.82) is 0 Å². The van der Waals surface area contributed by atoms with E-state index in [0.29, 0.717) is 5.69 Å². The number of aromatic nitrogens is 3. The number of imidazole rings is 1. The summed E-state index contributed by atoms with van der Waals surface area (Å²) < 4.78 is 0. The summed E-state index contributed by atoms with van der Waals surface area (Å²) in [6, 6.07) is 2.58. The maximum atomic E-state index is 13.4. The Morgan fingerprint density at radius 1 is 0.949 bits per heavy atom. The molecule has 0 aliphatic rings. The number of aliphatic hydroxyl groups excluding tert-OH is 1. The van der Waals surface area contributed by atoms with E-state index in [2.05, 4.69) is 30.9 Å². The van der Waals surface area contributed by atoms with Gasteiger partial charge in [0, 0.05) is 41.8 Å². The third-order valence-corrected chi connectivity index (χ3v) is 6.41. The summed E-state index contributed by atoms with van der Waals surface area (Å²) in [6.07, 6.45) is 3.13. The first-order valence-electron chi connectivity index (χ1n) is 12.6. The maximum Gasteiger partial charge on any atom is 0.326 e. The summed E-state index contributed by atoms with van der Waals surface area (Å²) in [5.41, 5.74) is 8.05. The molecule has 3 amide bonds. The van der Waals surface area contributed by atoms with Crippen LogP contribution in [-0.2, 0) is 32.0 Å². The Hall–Kier alpha value is -4.23. The molecule has 0 radical (unpaired) electrons. The molecule has 9 N–H and O–H groups in total. The molecule has 0 aliphatic heterocycles. The minimum atomic E-state index is -1.50. The van der Waals surface area contributed by atoms with E-state index < -0.39 is 54.0 Å². The first-order valence-corrected chi connectivity index (χ1v) is 12.6. The highest BCUT2D eigenvalue weighted by Crippen LogP contribution is 2.19. The number of hydrogen-bond acceptors (Lipinski definition) is 7. The predicted molar refractivity (Wildman–Crippen MR) is 142 cm³/mol. The molecule has 0 spiro atoms. The smallest absolute Gasteiger partial charge is 0.326 e. The summed E-state index contributed by atoms with van der Waals surface area (Å²) in [7, 11) is 0. The van der Waals surface area contributed by atoms with E-state index in [1.54, 1.807) is 20.0 Å². The molecule has 1 aromatic carbocycles. The fraction of sp³-hybridized carbons (Fsp3) is 0.423. The van der Waals surface area contributed by atoms with Gasteiger partial charge in [-0.2, -0.15) is 0 Å². The fourth-order valence-electron chi connectivity index (χ4n) is 4.04. The van der Waals surface area contributed by atoms with Crippen LogP contribution in [0, 0.1) is 5.92 Å². The third kappa shape index (κ3) is 7.65. The number of nitrogens with zero attached hydrogens (tertiary/aromatic N) is 1. The number of carboxylic acids is 1. The van der Waals surface area contributed by atoms with Gasteiger partial charge in [0.05, 0.1) is 18.5 Å². The number of nitrogens with two attached hydrogens (primary N) is 1. The molecule has 0 saturated carbocycles. The number of hydrogen-bond donors (Lipinski definition) is 8. The maximum absolute atomic E-state index is 13.4. The first-order chi connectivity index (χ1) is 18.5. The molecule has 0 bridgehead atoms. The minimum absolute atomic E-state index is 0.0676. The van der Waals surface area contributed by atoms with Crippen LogP contribution >= 0.6 is 0 Å². The molecule has 2 heterocycles. The van der Waals surface area contributed by atoms with Crippen LogP contribution in [0.5, 0.6) is 0 Å². The van der Waals surface area contributed by atoms with E-state index >= 15 is 0 Å². The Bertz CT molecular complexity index is 1290. The number of aliphatic carboxylic acids is 1. The van der Waals surface area contributed by atoms with Crippen molar-refractivity contribution in [3.63, 3.8) is 0 Å². The Kier molecular flexibility index (Phi) is 9.79. The number of nitrogens with one attached hydrogen (secondary N) is 5. The van der Waals surface area contributed by atoms with Crippen LogP contribution in [0.4, 0.5) is 0 Å². The van der Waals surface area contributed by atoms with Gasteiger partial charge in [-0.1, -0.05) is 32.0 Å². The van der Waals surface area contributed by atoms with Crippen molar-refractivity contribution in [1.82, 2.24) is 30.9 Å². The average Bonchev–Trinajstić information content (AvgIpc) is 3.55. The molecule has 2 aromatic heterocycles. The lowest BCUT2D eigenvalue weighted by Gasteiger charge is -2.27. The van der Waals surface area contributed by atoms with Gasteiger partial charge < -0.3 is 41.9 Å². The second-order valence-electron chi connectivity index (χ2n) is 9.80. The van der Waals surface area contributed by atoms with Crippen LogP contribution < -0.4 is 21.7 Å². The number of fused-ring (bicyclic) bond motifs is 1. The summed E-state index contributed by atoms with van der Waals surface area (Å²) >= 11 is 0. The van der Waals surface area contributed by atoms with Gasteiger partial charge in [0.1, 0.15) is 18.1 Å². The normalized spacial score (nSPS) is 15.2. The van der Waals surface area contributed by atoms with E-state index in [9.17, 15) is 29.4 Å². The standard InChI is InChI=1S/C26H35N7O6/c1-13(2)21(27)24(36)31-19(8-15-10-29-18-7-5-4-6-17(15)18)23(35)33-22(14(3)34)25(37)32-20(26(38)39)9-16-11-28-12-30-16/h4-7,10-14,19-22,29,34H,8-9,27H2,1-3H3,(H,28,30)(H,31,36)(H,32,37)(H,33,35)(H,38,39). The lowest BCUT2D eigenvalue weighted by atomic mass is 10.0. The third-order valence-electron chi connectivity index (χ3n) is 6.41. The number of benzene rings is 1. The number of rotatable bonds is 13. The van der Waals surface area contributed by atoms with Crippen LogP contribution in [0.2, 0.25) is 0 Å². The van der Waals surface area contributed by atoms with Gasteiger partial charge in [0.25, 0.3) is 0 Å². The van der Waals surface area contributed by atoms with Crippen molar-refractivity contribution in [2.45, 2.75) is 63.9 Å². The number of amides is 3. The van der Waals surface area contributed by atoms with Gasteiger partial charge >= 0.3 is 5.97 Å². The average molecular weight is 542 g/mol. The molecular weight excluding hydrogens is 506 g/mol. The van der Waals surface area contributed by atoms with E-state index in [1.165, 1.54) is 19.4 Å². The lowest BCUT2D eigenvalue weighted by Crippen LogP contribution is -2.60. The van der Waals surface area contributed by atoms with Crippen molar-refractivity contribution >= 4 is 34.6 Å². The summed E-state index contributed by atoms with van der Waals surface area (Å²) in [5.74, 6) is -3.69. The van der Waals surface area contributed by atoms with E-state index in [-0.39, 0.29) is 18.8 Å². The van der Waals surface area contributed by atoms with Crippen LogP contribution in [-0.4, -0.2) is 79.1 Å². The second-order valence-corrected chi connectivity index (χ2v) is 9.80. The Labute approximate surface area is 225 Å². The van der Waals surface area contributed by atoms with Crippen LogP contribution in [0.3, 0.4) is 0 Å². The Morgan fingerprint density at radius 3 is 2.26 bits per heavy atom. The number of carbonyl (C=O) groups excluding carboxylic acids is 3. The molecule has 0 saturated heterocycles. The predicted octanol–water partition coefficient (Wildman–Crippen LogP) is -0.421. The molecule has 13 nitrogen and oxygen atoms in total. The molecule has 39 heavy (non-hydrogen) atoms. The van der Waals surface area contributed by atoms with Crippen LogP contribution in [0.1, 0.15) is 32.0 Å². The molecule has 3 aromatic rings. The van der Waals surface area contributed by atoms with Gasteiger partial charge in [-0.3, -0.25) is 14.4 Å². The minimum Gasteiger partial charge on any atom is -0.480 e. The number of aliphatic hydroxyl groups is 1. The zero-order chi connectivity index (χ0) is 28.7. The highest BCUT2D eigenvalue weighted by atomic mass is 16.4. The van der Waals surface area contributed by atoms with Gasteiger partial charge in [-0.25, -0.2) is 9.78 Å². The topological polar surface area (TPSA) is 215 Å². The molecule has 13 heteroatoms. The van der Waals surface area contributed by atoms with Gasteiger partial charge in [-0.05, 0) is 24.5 Å². The number of para-hydroxylation sites is 1. The molecular formula is C26H35N7O6.